The molecule has 0 radical (unpaired) electrons. The van der Waals surface area contributed by atoms with Crippen LogP contribution < -0.4 is 10.4 Å². The second-order valence-corrected chi connectivity index (χ2v) is 6.17. The lowest BCUT2D eigenvalue weighted by Gasteiger charge is -2.29. The highest BCUT2D eigenvalue weighted by atomic mass is 16.2. The van der Waals surface area contributed by atoms with Crippen molar-refractivity contribution in [3.63, 3.8) is 0 Å². The number of carbonyl (C=O) groups is 1. The molecule has 1 fully saturated rings. The molecule has 2 rings (SSSR count). The molecular weight excluding hydrogens is 278 g/mol. The Morgan fingerprint density at radius 3 is 2.82 bits per heavy atom. The Morgan fingerprint density at radius 1 is 1.45 bits per heavy atom. The molecule has 1 aliphatic carbocycles. The lowest BCUT2D eigenvalue weighted by Crippen LogP contribution is -2.47. The van der Waals surface area contributed by atoms with Gasteiger partial charge in [-0.3, -0.25) is 15.2 Å². The van der Waals surface area contributed by atoms with E-state index in [9.17, 15) is 4.79 Å². The molecule has 1 N–H and O–H groups in total. The minimum Gasteiger partial charge on any atom is -0.273 e. The first kappa shape index (κ1) is 16.2. The SMILES string of the molecule is CC(C)CN(NC(=O)C1CCCCC1)c1ccnc(C#N)n1. The number of carbonyl (C=O) groups excluding carboxylic acids is 1. The third-order valence-electron chi connectivity index (χ3n) is 3.79. The Bertz CT molecular complexity index is 546. The molecule has 0 unspecified atom stereocenters. The Balaban J connectivity index is 2.11. The van der Waals surface area contributed by atoms with Crippen LogP contribution in [0.2, 0.25) is 0 Å². The van der Waals surface area contributed by atoms with Gasteiger partial charge in [0.1, 0.15) is 6.07 Å². The summed E-state index contributed by atoms with van der Waals surface area (Å²) in [6.45, 7) is 4.79. The molecule has 0 aliphatic heterocycles. The monoisotopic (exact) mass is 301 g/mol. The summed E-state index contributed by atoms with van der Waals surface area (Å²) < 4.78 is 0. The average molecular weight is 301 g/mol. The van der Waals surface area contributed by atoms with E-state index in [4.69, 9.17) is 5.26 Å². The number of hydrogen-bond acceptors (Lipinski definition) is 5. The van der Waals surface area contributed by atoms with Gasteiger partial charge in [0.15, 0.2) is 5.82 Å². The second-order valence-electron chi connectivity index (χ2n) is 6.17. The summed E-state index contributed by atoms with van der Waals surface area (Å²) in [5.41, 5.74) is 2.98. The molecule has 0 atom stereocenters. The number of aromatic nitrogens is 2. The van der Waals surface area contributed by atoms with Crippen molar-refractivity contribution in [2.24, 2.45) is 11.8 Å². The summed E-state index contributed by atoms with van der Waals surface area (Å²) in [5, 5.41) is 10.7. The van der Waals surface area contributed by atoms with Crippen LogP contribution in [0.25, 0.3) is 0 Å². The van der Waals surface area contributed by atoms with Crippen LogP contribution in [0.4, 0.5) is 5.82 Å². The molecule has 0 saturated heterocycles. The third-order valence-corrected chi connectivity index (χ3v) is 3.79. The van der Waals surface area contributed by atoms with E-state index in [2.05, 4.69) is 29.2 Å². The van der Waals surface area contributed by atoms with Crippen molar-refractivity contribution >= 4 is 11.7 Å². The number of anilines is 1. The Morgan fingerprint density at radius 2 is 2.18 bits per heavy atom. The van der Waals surface area contributed by atoms with Crippen LogP contribution in [0, 0.1) is 23.2 Å². The highest BCUT2D eigenvalue weighted by Gasteiger charge is 2.23. The van der Waals surface area contributed by atoms with Gasteiger partial charge in [0.05, 0.1) is 0 Å². The number of amides is 1. The van der Waals surface area contributed by atoms with E-state index in [1.165, 1.54) is 6.42 Å². The van der Waals surface area contributed by atoms with Crippen molar-refractivity contribution in [1.82, 2.24) is 15.4 Å². The standard InChI is InChI=1S/C16H23N5O/c1-12(2)11-21(15-8-9-18-14(10-17)19-15)20-16(22)13-6-4-3-5-7-13/h8-9,12-13H,3-7,11H2,1-2H3,(H,20,22). The van der Waals surface area contributed by atoms with Gasteiger partial charge in [0, 0.05) is 24.7 Å². The zero-order valence-corrected chi connectivity index (χ0v) is 13.2. The average Bonchev–Trinajstić information content (AvgIpc) is 2.54. The van der Waals surface area contributed by atoms with Gasteiger partial charge < -0.3 is 0 Å². The van der Waals surface area contributed by atoms with E-state index in [0.717, 1.165) is 25.7 Å². The summed E-state index contributed by atoms with van der Waals surface area (Å²) in [4.78, 5) is 20.5. The van der Waals surface area contributed by atoms with Crippen LogP contribution >= 0.6 is 0 Å². The molecule has 0 bridgehead atoms. The molecule has 1 aliphatic rings. The van der Waals surface area contributed by atoms with Crippen LogP contribution in [0.3, 0.4) is 0 Å². The van der Waals surface area contributed by atoms with Crippen molar-refractivity contribution in [2.75, 3.05) is 11.6 Å². The zero-order valence-electron chi connectivity index (χ0n) is 13.2. The molecule has 0 aromatic carbocycles. The highest BCUT2D eigenvalue weighted by molar-refractivity contribution is 5.80. The number of hydrazine groups is 1. The van der Waals surface area contributed by atoms with Gasteiger partial charge in [0.2, 0.25) is 11.7 Å². The van der Waals surface area contributed by atoms with Crippen molar-refractivity contribution in [3.8, 4) is 6.07 Å². The van der Waals surface area contributed by atoms with E-state index in [1.54, 1.807) is 17.3 Å². The van der Waals surface area contributed by atoms with Crippen LogP contribution in [0.15, 0.2) is 12.3 Å². The van der Waals surface area contributed by atoms with E-state index >= 15 is 0 Å². The molecule has 6 nitrogen and oxygen atoms in total. The van der Waals surface area contributed by atoms with Gasteiger partial charge in [-0.1, -0.05) is 33.1 Å². The lowest BCUT2D eigenvalue weighted by atomic mass is 9.89. The molecule has 1 saturated carbocycles. The molecule has 1 amide bonds. The fourth-order valence-corrected chi connectivity index (χ4v) is 2.70. The topological polar surface area (TPSA) is 81.9 Å². The normalized spacial score (nSPS) is 15.4. The van der Waals surface area contributed by atoms with E-state index in [0.29, 0.717) is 18.3 Å². The molecule has 22 heavy (non-hydrogen) atoms. The van der Waals surface area contributed by atoms with E-state index < -0.39 is 0 Å². The van der Waals surface area contributed by atoms with Gasteiger partial charge in [-0.2, -0.15) is 10.2 Å². The summed E-state index contributed by atoms with van der Waals surface area (Å²) in [6, 6.07) is 3.64. The molecule has 1 heterocycles. The maximum Gasteiger partial charge on any atom is 0.241 e. The number of rotatable bonds is 5. The largest absolute Gasteiger partial charge is 0.273 e. The minimum absolute atomic E-state index is 0.0532. The first-order valence-corrected chi connectivity index (χ1v) is 7.91. The third kappa shape index (κ3) is 4.42. The lowest BCUT2D eigenvalue weighted by molar-refractivity contribution is -0.126. The fraction of sp³-hybridized carbons (Fsp3) is 0.625. The summed E-state index contributed by atoms with van der Waals surface area (Å²) in [6.07, 6.45) is 6.91. The Hall–Kier alpha value is -2.16. The summed E-state index contributed by atoms with van der Waals surface area (Å²) in [7, 11) is 0. The minimum atomic E-state index is 0.0532. The number of nitriles is 1. The van der Waals surface area contributed by atoms with Gasteiger partial charge in [-0.25, -0.2) is 4.98 Å². The number of nitrogens with one attached hydrogen (secondary N) is 1. The van der Waals surface area contributed by atoms with Gasteiger partial charge in [-0.15, -0.1) is 0 Å². The van der Waals surface area contributed by atoms with Gasteiger partial charge in [0.25, 0.3) is 0 Å². The zero-order chi connectivity index (χ0) is 15.9. The van der Waals surface area contributed by atoms with Crippen molar-refractivity contribution in [2.45, 2.75) is 46.0 Å². The second kappa shape index (κ2) is 7.74. The molecular formula is C16H23N5O. The Labute approximate surface area is 131 Å². The predicted octanol–water partition coefficient (Wildman–Crippen LogP) is 2.42. The van der Waals surface area contributed by atoms with E-state index in [1.807, 2.05) is 6.07 Å². The van der Waals surface area contributed by atoms with Crippen molar-refractivity contribution in [3.05, 3.63) is 18.1 Å². The predicted molar refractivity (Wildman–Crippen MR) is 83.6 cm³/mol. The van der Waals surface area contributed by atoms with Crippen LogP contribution in [0.5, 0.6) is 0 Å². The number of nitrogens with zero attached hydrogens (tertiary/aromatic N) is 4. The van der Waals surface area contributed by atoms with Crippen LogP contribution in [-0.2, 0) is 4.79 Å². The van der Waals surface area contributed by atoms with Crippen LogP contribution in [-0.4, -0.2) is 22.4 Å². The molecule has 0 spiro atoms. The molecule has 6 heteroatoms. The fourth-order valence-electron chi connectivity index (χ4n) is 2.70. The maximum atomic E-state index is 12.5. The summed E-state index contributed by atoms with van der Waals surface area (Å²) in [5.74, 6) is 1.16. The van der Waals surface area contributed by atoms with Crippen molar-refractivity contribution < 1.29 is 4.79 Å². The van der Waals surface area contributed by atoms with Crippen molar-refractivity contribution in [1.29, 1.82) is 5.26 Å². The molecule has 1 aromatic rings. The summed E-state index contributed by atoms with van der Waals surface area (Å²) >= 11 is 0. The molecule has 118 valence electrons. The van der Waals surface area contributed by atoms with Crippen LogP contribution in [0.1, 0.15) is 51.8 Å². The number of hydrogen-bond donors (Lipinski definition) is 1. The van der Waals surface area contributed by atoms with Gasteiger partial charge >= 0.3 is 0 Å². The smallest absolute Gasteiger partial charge is 0.241 e. The quantitative estimate of drug-likeness (QED) is 0.845. The Kier molecular flexibility index (Phi) is 5.70. The molecule has 1 aromatic heterocycles. The first-order chi connectivity index (χ1) is 10.6. The van der Waals surface area contributed by atoms with Gasteiger partial charge in [-0.05, 0) is 18.8 Å². The highest BCUT2D eigenvalue weighted by Crippen LogP contribution is 2.24. The van der Waals surface area contributed by atoms with E-state index in [-0.39, 0.29) is 17.6 Å². The maximum absolute atomic E-state index is 12.5. The first-order valence-electron chi connectivity index (χ1n) is 7.91.